The molecule has 0 aliphatic carbocycles. The lowest BCUT2D eigenvalue weighted by atomic mass is 10.2. The molecule has 110 valence electrons. The Morgan fingerprint density at radius 1 is 1.29 bits per heavy atom. The normalized spacial score (nSPS) is 13.4. The van der Waals surface area contributed by atoms with Crippen LogP contribution in [-0.2, 0) is 4.79 Å². The first-order valence-electron chi connectivity index (χ1n) is 6.30. The number of nitrogens with one attached hydrogen (secondary N) is 2. The lowest BCUT2D eigenvalue weighted by Crippen LogP contribution is -2.49. The fourth-order valence-electron chi connectivity index (χ4n) is 1.84. The van der Waals surface area contributed by atoms with Crippen molar-refractivity contribution in [3.05, 3.63) is 36.5 Å². The topological polar surface area (TPSA) is 112 Å². The second kappa shape index (κ2) is 6.19. The molecule has 2 aromatic rings. The average Bonchev–Trinajstić information content (AvgIpc) is 2.44. The molecule has 0 aliphatic heterocycles. The zero-order chi connectivity index (χ0) is 15.4. The van der Waals surface area contributed by atoms with Crippen molar-refractivity contribution in [1.29, 1.82) is 0 Å². The number of benzene rings is 1. The summed E-state index contributed by atoms with van der Waals surface area (Å²) in [6.45, 7) is 1.29. The van der Waals surface area contributed by atoms with Crippen molar-refractivity contribution >= 4 is 28.6 Å². The first-order valence-corrected chi connectivity index (χ1v) is 6.30. The molecule has 0 saturated heterocycles. The Morgan fingerprint density at radius 2 is 2.00 bits per heavy atom. The van der Waals surface area contributed by atoms with E-state index in [-0.39, 0.29) is 0 Å². The van der Waals surface area contributed by atoms with Gasteiger partial charge in [-0.15, -0.1) is 0 Å². The van der Waals surface area contributed by atoms with Crippen LogP contribution in [0.2, 0.25) is 0 Å². The molecule has 0 unspecified atom stereocenters. The lowest BCUT2D eigenvalue weighted by Gasteiger charge is -2.17. The molecule has 0 radical (unpaired) electrons. The summed E-state index contributed by atoms with van der Waals surface area (Å²) in [6.07, 6.45) is 0.267. The van der Waals surface area contributed by atoms with Gasteiger partial charge in [0.05, 0.1) is 23.5 Å². The van der Waals surface area contributed by atoms with Crippen LogP contribution < -0.4 is 10.6 Å². The number of nitrogens with zero attached hydrogens (tertiary/aromatic N) is 1. The van der Waals surface area contributed by atoms with Crippen LogP contribution in [0, 0.1) is 0 Å². The van der Waals surface area contributed by atoms with Crippen LogP contribution in [-0.4, -0.2) is 39.3 Å². The number of carbonyl (C=O) groups excluding carboxylic acids is 1. The predicted octanol–water partition coefficient (Wildman–Crippen LogP) is 1.19. The van der Waals surface area contributed by atoms with Gasteiger partial charge in [-0.3, -0.25) is 4.98 Å². The highest BCUT2D eigenvalue weighted by atomic mass is 16.4. The van der Waals surface area contributed by atoms with Gasteiger partial charge in [-0.25, -0.2) is 9.59 Å². The number of hydrogen-bond donors (Lipinski definition) is 4. The van der Waals surface area contributed by atoms with E-state index in [0.29, 0.717) is 5.69 Å². The average molecular weight is 289 g/mol. The van der Waals surface area contributed by atoms with Gasteiger partial charge in [0, 0.05) is 5.39 Å². The van der Waals surface area contributed by atoms with Crippen molar-refractivity contribution in [2.75, 3.05) is 5.32 Å². The Balaban J connectivity index is 2.08. The van der Waals surface area contributed by atoms with E-state index in [1.807, 2.05) is 24.3 Å². The van der Waals surface area contributed by atoms with E-state index in [2.05, 4.69) is 15.6 Å². The summed E-state index contributed by atoms with van der Waals surface area (Å²) in [7, 11) is 0. The number of aliphatic hydroxyl groups excluding tert-OH is 1. The molecule has 21 heavy (non-hydrogen) atoms. The third kappa shape index (κ3) is 3.67. The Labute approximate surface area is 120 Å². The first kappa shape index (κ1) is 14.7. The Hall–Kier alpha value is -2.67. The Bertz CT molecular complexity index is 672. The SMILES string of the molecule is C[C@@H](O)[C@H](NC(=O)Nc1cnc2ccccc2c1)C(=O)O. The van der Waals surface area contributed by atoms with Crippen molar-refractivity contribution in [3.63, 3.8) is 0 Å². The molecular weight excluding hydrogens is 274 g/mol. The number of anilines is 1. The smallest absolute Gasteiger partial charge is 0.328 e. The molecule has 1 aromatic carbocycles. The van der Waals surface area contributed by atoms with Crippen LogP contribution in [0.25, 0.3) is 10.9 Å². The van der Waals surface area contributed by atoms with Gasteiger partial charge in [-0.2, -0.15) is 0 Å². The summed E-state index contributed by atoms with van der Waals surface area (Å²) in [4.78, 5) is 26.8. The molecule has 7 nitrogen and oxygen atoms in total. The summed E-state index contributed by atoms with van der Waals surface area (Å²) >= 11 is 0. The summed E-state index contributed by atoms with van der Waals surface area (Å²) in [5.74, 6) is -1.31. The molecule has 0 saturated carbocycles. The number of aliphatic carboxylic acids is 1. The number of amides is 2. The molecule has 0 spiro atoms. The summed E-state index contributed by atoms with van der Waals surface area (Å²) in [6, 6.07) is 7.02. The highest BCUT2D eigenvalue weighted by Gasteiger charge is 2.24. The molecule has 2 rings (SSSR count). The molecule has 0 fully saturated rings. The van der Waals surface area contributed by atoms with Crippen LogP contribution in [0.3, 0.4) is 0 Å². The maximum atomic E-state index is 11.7. The number of aromatic nitrogens is 1. The number of hydrogen-bond acceptors (Lipinski definition) is 4. The van der Waals surface area contributed by atoms with Gasteiger partial charge in [0.2, 0.25) is 0 Å². The number of pyridine rings is 1. The molecule has 7 heteroatoms. The molecule has 0 bridgehead atoms. The number of carboxylic acids is 1. The van der Waals surface area contributed by atoms with E-state index in [0.717, 1.165) is 10.9 Å². The highest BCUT2D eigenvalue weighted by molar-refractivity contribution is 5.94. The molecular formula is C14H15N3O4. The molecule has 1 aromatic heterocycles. The van der Waals surface area contributed by atoms with Gasteiger partial charge in [0.1, 0.15) is 0 Å². The number of carboxylic acid groups (broad SMARTS) is 1. The number of fused-ring (bicyclic) bond motifs is 1. The first-order chi connectivity index (χ1) is 9.97. The second-order valence-electron chi connectivity index (χ2n) is 4.57. The zero-order valence-corrected chi connectivity index (χ0v) is 11.3. The second-order valence-corrected chi connectivity index (χ2v) is 4.57. The fraction of sp³-hybridized carbons (Fsp3) is 0.214. The summed E-state index contributed by atoms with van der Waals surface area (Å²) in [5, 5.41) is 23.7. The van der Waals surface area contributed by atoms with Crippen molar-refractivity contribution in [2.24, 2.45) is 0 Å². The number of rotatable bonds is 4. The number of urea groups is 1. The minimum absolute atomic E-state index is 0.431. The van der Waals surface area contributed by atoms with Crippen molar-refractivity contribution < 1.29 is 19.8 Å². The van der Waals surface area contributed by atoms with Gasteiger partial charge in [-0.05, 0) is 19.1 Å². The molecule has 4 N–H and O–H groups in total. The van der Waals surface area contributed by atoms with E-state index < -0.39 is 24.1 Å². The predicted molar refractivity (Wildman–Crippen MR) is 77.0 cm³/mol. The zero-order valence-electron chi connectivity index (χ0n) is 11.3. The Kier molecular flexibility index (Phi) is 4.34. The van der Waals surface area contributed by atoms with Crippen LogP contribution in [0.1, 0.15) is 6.92 Å². The van der Waals surface area contributed by atoms with Crippen LogP contribution >= 0.6 is 0 Å². The highest BCUT2D eigenvalue weighted by Crippen LogP contribution is 2.15. The number of aliphatic hydroxyl groups is 1. The maximum Gasteiger partial charge on any atom is 0.328 e. The van der Waals surface area contributed by atoms with Crippen LogP contribution in [0.4, 0.5) is 10.5 Å². The molecule has 0 aliphatic rings. The van der Waals surface area contributed by atoms with E-state index >= 15 is 0 Å². The van der Waals surface area contributed by atoms with E-state index in [1.54, 1.807) is 6.07 Å². The third-order valence-corrected chi connectivity index (χ3v) is 2.88. The largest absolute Gasteiger partial charge is 0.480 e. The van der Waals surface area contributed by atoms with Crippen molar-refractivity contribution in [2.45, 2.75) is 19.1 Å². The van der Waals surface area contributed by atoms with Crippen LogP contribution in [0.5, 0.6) is 0 Å². The van der Waals surface area contributed by atoms with Gasteiger partial charge in [0.25, 0.3) is 0 Å². The molecule has 1 heterocycles. The van der Waals surface area contributed by atoms with E-state index in [4.69, 9.17) is 5.11 Å². The van der Waals surface area contributed by atoms with E-state index in [9.17, 15) is 14.7 Å². The monoisotopic (exact) mass is 289 g/mol. The maximum absolute atomic E-state index is 11.7. The summed E-state index contributed by atoms with van der Waals surface area (Å²) in [5.41, 5.74) is 1.22. The number of carbonyl (C=O) groups is 2. The van der Waals surface area contributed by atoms with E-state index in [1.165, 1.54) is 13.1 Å². The third-order valence-electron chi connectivity index (χ3n) is 2.88. The fourth-order valence-corrected chi connectivity index (χ4v) is 1.84. The summed E-state index contributed by atoms with van der Waals surface area (Å²) < 4.78 is 0. The lowest BCUT2D eigenvalue weighted by molar-refractivity contribution is -0.141. The van der Waals surface area contributed by atoms with Gasteiger partial charge < -0.3 is 20.8 Å². The standard InChI is InChI=1S/C14H15N3O4/c1-8(18)12(13(19)20)17-14(21)16-10-6-9-4-2-3-5-11(9)15-7-10/h2-8,12,18H,1H3,(H,19,20)(H2,16,17,21)/t8-,12+/m1/s1. The van der Waals surface area contributed by atoms with Gasteiger partial charge >= 0.3 is 12.0 Å². The van der Waals surface area contributed by atoms with Gasteiger partial charge in [-0.1, -0.05) is 18.2 Å². The minimum Gasteiger partial charge on any atom is -0.480 e. The quantitative estimate of drug-likeness (QED) is 0.675. The molecule has 2 atom stereocenters. The Morgan fingerprint density at radius 3 is 2.67 bits per heavy atom. The van der Waals surface area contributed by atoms with Crippen LogP contribution in [0.15, 0.2) is 36.5 Å². The number of para-hydroxylation sites is 1. The minimum atomic E-state index is -1.38. The van der Waals surface area contributed by atoms with Crippen molar-refractivity contribution in [3.8, 4) is 0 Å². The van der Waals surface area contributed by atoms with Crippen molar-refractivity contribution in [1.82, 2.24) is 10.3 Å². The molecule has 2 amide bonds. The van der Waals surface area contributed by atoms with Gasteiger partial charge in [0.15, 0.2) is 6.04 Å².